The summed E-state index contributed by atoms with van der Waals surface area (Å²) in [5.41, 5.74) is 1.13. The van der Waals surface area contributed by atoms with Gasteiger partial charge in [-0.1, -0.05) is 0 Å². The van der Waals surface area contributed by atoms with Crippen LogP contribution >= 0.6 is 11.3 Å². The molecule has 3 nitrogen and oxygen atoms in total. The van der Waals surface area contributed by atoms with E-state index in [-0.39, 0.29) is 0 Å². The first-order valence-electron chi connectivity index (χ1n) is 6.08. The van der Waals surface area contributed by atoms with E-state index in [0.717, 1.165) is 24.7 Å². The molecular weight excluding hydrogens is 220 g/mol. The summed E-state index contributed by atoms with van der Waals surface area (Å²) in [6, 6.07) is 0. The second kappa shape index (κ2) is 4.43. The fourth-order valence-corrected chi connectivity index (χ4v) is 3.55. The summed E-state index contributed by atoms with van der Waals surface area (Å²) in [7, 11) is 0. The third-order valence-corrected chi connectivity index (χ3v) is 4.55. The van der Waals surface area contributed by atoms with Gasteiger partial charge < -0.3 is 10.1 Å². The first-order valence-corrected chi connectivity index (χ1v) is 6.96. The number of aryl methyl sites for hydroxylation is 1. The van der Waals surface area contributed by atoms with Crippen LogP contribution in [0.25, 0.3) is 0 Å². The second-order valence-electron chi connectivity index (χ2n) is 4.88. The van der Waals surface area contributed by atoms with E-state index in [4.69, 9.17) is 4.74 Å². The number of hydrogen-bond acceptors (Lipinski definition) is 4. The summed E-state index contributed by atoms with van der Waals surface area (Å²) in [6.45, 7) is 4.04. The number of thiazole rings is 1. The number of fused-ring (bicyclic) bond motifs is 2. The molecule has 0 radical (unpaired) electrons. The topological polar surface area (TPSA) is 34.1 Å². The molecule has 1 N–H and O–H groups in total. The Labute approximate surface area is 100 Å². The Bertz CT molecular complexity index is 366. The maximum Gasteiger partial charge on any atom is 0.107 e. The molecule has 3 heterocycles. The first kappa shape index (κ1) is 10.7. The van der Waals surface area contributed by atoms with E-state index in [1.165, 1.54) is 24.3 Å². The third kappa shape index (κ3) is 2.14. The zero-order valence-electron chi connectivity index (χ0n) is 9.61. The van der Waals surface area contributed by atoms with Gasteiger partial charge in [-0.2, -0.15) is 0 Å². The predicted molar refractivity (Wildman–Crippen MR) is 64.6 cm³/mol. The second-order valence-corrected chi connectivity index (χ2v) is 5.83. The van der Waals surface area contributed by atoms with Crippen LogP contribution in [0.5, 0.6) is 0 Å². The average Bonchev–Trinajstić information content (AvgIpc) is 2.94. The fraction of sp³-hybridized carbons (Fsp3) is 0.750. The number of ether oxygens (including phenoxy) is 1. The Morgan fingerprint density at radius 3 is 3.12 bits per heavy atom. The maximum absolute atomic E-state index is 5.84. The van der Waals surface area contributed by atoms with Crippen molar-refractivity contribution in [2.24, 2.45) is 5.92 Å². The summed E-state index contributed by atoms with van der Waals surface area (Å²) in [4.78, 5) is 4.45. The number of aromatic nitrogens is 1. The molecule has 0 aromatic carbocycles. The van der Waals surface area contributed by atoms with Gasteiger partial charge in [-0.25, -0.2) is 4.98 Å². The van der Waals surface area contributed by atoms with Gasteiger partial charge in [0.2, 0.25) is 0 Å². The van der Waals surface area contributed by atoms with Crippen molar-refractivity contribution in [1.29, 1.82) is 0 Å². The Morgan fingerprint density at radius 1 is 1.56 bits per heavy atom. The van der Waals surface area contributed by atoms with Gasteiger partial charge in [0, 0.05) is 30.1 Å². The molecule has 2 bridgehead atoms. The molecule has 16 heavy (non-hydrogen) atoms. The molecular formula is C12H18N2OS. The van der Waals surface area contributed by atoms with Gasteiger partial charge >= 0.3 is 0 Å². The molecule has 1 aromatic rings. The van der Waals surface area contributed by atoms with Crippen molar-refractivity contribution < 1.29 is 4.74 Å². The third-order valence-electron chi connectivity index (χ3n) is 3.58. The van der Waals surface area contributed by atoms with Crippen LogP contribution in [0.1, 0.15) is 30.0 Å². The zero-order chi connectivity index (χ0) is 11.0. The molecule has 0 saturated carbocycles. The molecule has 3 atom stereocenters. The van der Waals surface area contributed by atoms with Crippen LogP contribution in [-0.4, -0.2) is 23.7 Å². The highest BCUT2D eigenvalue weighted by Gasteiger charge is 2.40. The van der Waals surface area contributed by atoms with Crippen LogP contribution in [0.2, 0.25) is 0 Å². The first-order chi connectivity index (χ1) is 7.81. The van der Waals surface area contributed by atoms with Crippen LogP contribution in [0.4, 0.5) is 0 Å². The van der Waals surface area contributed by atoms with Gasteiger partial charge in [0.15, 0.2) is 0 Å². The fourth-order valence-electron chi connectivity index (χ4n) is 2.81. The highest BCUT2D eigenvalue weighted by molar-refractivity contribution is 7.09. The van der Waals surface area contributed by atoms with E-state index in [1.807, 2.05) is 6.92 Å². The van der Waals surface area contributed by atoms with Crippen molar-refractivity contribution in [3.05, 3.63) is 16.1 Å². The van der Waals surface area contributed by atoms with Crippen molar-refractivity contribution in [3.63, 3.8) is 0 Å². The van der Waals surface area contributed by atoms with Gasteiger partial charge in [0.25, 0.3) is 0 Å². The lowest BCUT2D eigenvalue weighted by Gasteiger charge is -2.18. The SMILES string of the molecule is Cc1csc(CNCC2CC3CCC2O3)n1. The Hall–Kier alpha value is -0.450. The Kier molecular flexibility index (Phi) is 2.96. The molecule has 0 aliphatic carbocycles. The summed E-state index contributed by atoms with van der Waals surface area (Å²) < 4.78 is 5.84. The van der Waals surface area contributed by atoms with E-state index < -0.39 is 0 Å². The van der Waals surface area contributed by atoms with Gasteiger partial charge in [-0.05, 0) is 26.2 Å². The Morgan fingerprint density at radius 2 is 2.50 bits per heavy atom. The zero-order valence-corrected chi connectivity index (χ0v) is 10.4. The van der Waals surface area contributed by atoms with Crippen molar-refractivity contribution in [2.45, 2.75) is 44.9 Å². The summed E-state index contributed by atoms with van der Waals surface area (Å²) >= 11 is 1.74. The molecule has 4 heteroatoms. The van der Waals surface area contributed by atoms with E-state index in [2.05, 4.69) is 15.7 Å². The van der Waals surface area contributed by atoms with E-state index >= 15 is 0 Å². The molecule has 0 amide bonds. The lowest BCUT2D eigenvalue weighted by Crippen LogP contribution is -2.29. The molecule has 3 unspecified atom stereocenters. The van der Waals surface area contributed by atoms with Crippen molar-refractivity contribution in [3.8, 4) is 0 Å². The summed E-state index contributed by atoms with van der Waals surface area (Å²) in [5.74, 6) is 0.736. The molecule has 2 fully saturated rings. The molecule has 88 valence electrons. The van der Waals surface area contributed by atoms with Crippen LogP contribution in [0.15, 0.2) is 5.38 Å². The summed E-state index contributed by atoms with van der Waals surface area (Å²) in [6.07, 6.45) is 4.92. The maximum atomic E-state index is 5.84. The van der Waals surface area contributed by atoms with E-state index in [1.54, 1.807) is 11.3 Å². The summed E-state index contributed by atoms with van der Waals surface area (Å²) in [5, 5.41) is 6.81. The van der Waals surface area contributed by atoms with Crippen molar-refractivity contribution in [2.75, 3.05) is 6.54 Å². The van der Waals surface area contributed by atoms with Crippen molar-refractivity contribution >= 4 is 11.3 Å². The van der Waals surface area contributed by atoms with E-state index in [9.17, 15) is 0 Å². The standard InChI is InChI=1S/C12H18N2OS/c1-8-7-16-12(14-8)6-13-5-9-4-10-2-3-11(9)15-10/h7,9-11,13H,2-6H2,1H3. The van der Waals surface area contributed by atoms with Crippen LogP contribution < -0.4 is 5.32 Å². The molecule has 2 saturated heterocycles. The highest BCUT2D eigenvalue weighted by Crippen LogP contribution is 2.38. The largest absolute Gasteiger partial charge is 0.375 e. The molecule has 2 aliphatic rings. The molecule has 1 aromatic heterocycles. The van der Waals surface area contributed by atoms with Gasteiger partial charge in [-0.15, -0.1) is 11.3 Å². The van der Waals surface area contributed by atoms with Crippen LogP contribution in [0.3, 0.4) is 0 Å². The lowest BCUT2D eigenvalue weighted by molar-refractivity contribution is 0.0924. The van der Waals surface area contributed by atoms with Gasteiger partial charge in [0.1, 0.15) is 5.01 Å². The number of nitrogens with one attached hydrogen (secondary N) is 1. The molecule has 3 rings (SSSR count). The van der Waals surface area contributed by atoms with Gasteiger partial charge in [-0.3, -0.25) is 0 Å². The minimum atomic E-state index is 0.538. The Balaban J connectivity index is 1.44. The smallest absolute Gasteiger partial charge is 0.107 e. The van der Waals surface area contributed by atoms with Crippen LogP contribution in [0, 0.1) is 12.8 Å². The van der Waals surface area contributed by atoms with Gasteiger partial charge in [0.05, 0.1) is 12.2 Å². The monoisotopic (exact) mass is 238 g/mol. The predicted octanol–water partition coefficient (Wildman–Crippen LogP) is 2.11. The number of nitrogens with zero attached hydrogens (tertiary/aromatic N) is 1. The minimum Gasteiger partial charge on any atom is -0.375 e. The normalized spacial score (nSPS) is 32.4. The highest BCUT2D eigenvalue weighted by atomic mass is 32.1. The number of hydrogen-bond donors (Lipinski definition) is 1. The van der Waals surface area contributed by atoms with Crippen molar-refractivity contribution in [1.82, 2.24) is 10.3 Å². The minimum absolute atomic E-state index is 0.538. The van der Waals surface area contributed by atoms with E-state index in [0.29, 0.717) is 12.2 Å². The lowest BCUT2D eigenvalue weighted by atomic mass is 9.89. The average molecular weight is 238 g/mol. The number of rotatable bonds is 4. The molecule has 2 aliphatic heterocycles. The van der Waals surface area contributed by atoms with Crippen LogP contribution in [-0.2, 0) is 11.3 Å². The quantitative estimate of drug-likeness (QED) is 0.872. The molecule has 0 spiro atoms.